The monoisotopic (exact) mass is 492 g/mol. The average molecular weight is 493 g/mol. The number of likely N-dealkylation sites (N-methyl/N-ethyl adjacent to an activating group) is 1. The van der Waals surface area contributed by atoms with Crippen molar-refractivity contribution >= 4 is 11.8 Å². The Labute approximate surface area is 209 Å². The van der Waals surface area contributed by atoms with Gasteiger partial charge in [0, 0.05) is 49.2 Å². The lowest BCUT2D eigenvalue weighted by Gasteiger charge is -2.37. The molecule has 3 aromatic rings. The molecule has 0 saturated heterocycles. The van der Waals surface area contributed by atoms with Crippen LogP contribution in [-0.4, -0.2) is 75.6 Å². The minimum Gasteiger partial charge on any atom is -0.472 e. The second-order valence-electron chi connectivity index (χ2n) is 9.13. The molecule has 0 spiro atoms. The van der Waals surface area contributed by atoms with E-state index in [1.165, 1.54) is 23.1 Å². The summed E-state index contributed by atoms with van der Waals surface area (Å²) in [6, 6.07) is 10.5. The number of hydrogen-bond donors (Lipinski definition) is 1. The highest BCUT2D eigenvalue weighted by molar-refractivity contribution is 5.98. The molecule has 0 radical (unpaired) electrons. The minimum atomic E-state index is -0.507. The van der Waals surface area contributed by atoms with Crippen molar-refractivity contribution in [2.24, 2.45) is 5.92 Å². The summed E-state index contributed by atoms with van der Waals surface area (Å²) in [5, 5.41) is 9.84. The molecule has 3 atom stereocenters. The zero-order valence-electron chi connectivity index (χ0n) is 20.5. The molecule has 0 bridgehead atoms. The number of fused-ring (bicyclic) bond motifs is 1. The third-order valence-electron chi connectivity index (χ3n) is 6.41. The first-order chi connectivity index (χ1) is 17.3. The summed E-state index contributed by atoms with van der Waals surface area (Å²) >= 11 is 0. The van der Waals surface area contributed by atoms with Crippen LogP contribution in [0.3, 0.4) is 0 Å². The number of hydrogen-bond acceptors (Lipinski definition) is 6. The van der Waals surface area contributed by atoms with Crippen molar-refractivity contribution in [1.82, 2.24) is 19.8 Å². The second kappa shape index (κ2) is 10.8. The molecule has 1 aliphatic rings. The van der Waals surface area contributed by atoms with Crippen molar-refractivity contribution in [3.8, 4) is 17.0 Å². The summed E-state index contributed by atoms with van der Waals surface area (Å²) in [4.78, 5) is 38.1. The molecule has 188 valence electrons. The highest BCUT2D eigenvalue weighted by Gasteiger charge is 2.35. The number of nitrogens with zero attached hydrogens (tertiary/aromatic N) is 4. The molecule has 1 N–H and O–H groups in total. The quantitative estimate of drug-likeness (QED) is 0.568. The van der Waals surface area contributed by atoms with Crippen LogP contribution >= 0.6 is 0 Å². The zero-order valence-corrected chi connectivity index (χ0v) is 20.5. The number of carbonyl (C=O) groups excluding carboxylic acids is 2. The van der Waals surface area contributed by atoms with E-state index in [0.717, 1.165) is 11.1 Å². The maximum atomic E-state index is 13.7. The number of amides is 2. The maximum Gasteiger partial charge on any atom is 0.259 e. The molecular weight excluding hydrogens is 463 g/mol. The highest BCUT2D eigenvalue weighted by Crippen LogP contribution is 2.30. The molecule has 4 rings (SSSR count). The van der Waals surface area contributed by atoms with E-state index in [9.17, 15) is 19.1 Å². The third-order valence-corrected chi connectivity index (χ3v) is 6.41. The summed E-state index contributed by atoms with van der Waals surface area (Å²) in [5.74, 6) is -1.15. The largest absolute Gasteiger partial charge is 0.472 e. The molecule has 1 aliphatic heterocycles. The van der Waals surface area contributed by atoms with Crippen molar-refractivity contribution < 1.29 is 23.8 Å². The summed E-state index contributed by atoms with van der Waals surface area (Å²) < 4.78 is 19.9. The Balaban J connectivity index is 1.67. The van der Waals surface area contributed by atoms with E-state index >= 15 is 0 Å². The Morgan fingerprint density at radius 2 is 2.00 bits per heavy atom. The molecule has 2 amide bonds. The Morgan fingerprint density at radius 3 is 2.69 bits per heavy atom. The number of rotatable bonds is 6. The molecule has 0 aliphatic carbocycles. The lowest BCUT2D eigenvalue weighted by atomic mass is 9.99. The first-order valence-corrected chi connectivity index (χ1v) is 11.8. The highest BCUT2D eigenvalue weighted by atomic mass is 19.1. The summed E-state index contributed by atoms with van der Waals surface area (Å²) in [5.41, 5.74) is 2.10. The Bertz CT molecular complexity index is 1240. The van der Waals surface area contributed by atoms with Gasteiger partial charge in [-0.2, -0.15) is 0 Å². The first-order valence-electron chi connectivity index (χ1n) is 11.8. The smallest absolute Gasteiger partial charge is 0.259 e. The van der Waals surface area contributed by atoms with Crippen LogP contribution in [0.15, 0.2) is 61.1 Å². The second-order valence-corrected chi connectivity index (χ2v) is 9.13. The van der Waals surface area contributed by atoms with Gasteiger partial charge < -0.3 is 19.6 Å². The van der Waals surface area contributed by atoms with Gasteiger partial charge in [-0.05, 0) is 48.9 Å². The van der Waals surface area contributed by atoms with Crippen LogP contribution in [0.4, 0.5) is 4.39 Å². The normalized spacial score (nSPS) is 18.5. The number of aliphatic hydroxyl groups is 1. The fourth-order valence-electron chi connectivity index (χ4n) is 4.22. The number of benzene rings is 1. The lowest BCUT2D eigenvalue weighted by Crippen LogP contribution is -2.50. The van der Waals surface area contributed by atoms with Crippen LogP contribution in [-0.2, 0) is 0 Å². The van der Waals surface area contributed by atoms with Gasteiger partial charge in [0.1, 0.15) is 17.5 Å². The molecule has 36 heavy (non-hydrogen) atoms. The van der Waals surface area contributed by atoms with Crippen LogP contribution in [0.25, 0.3) is 11.1 Å². The molecule has 8 nitrogen and oxygen atoms in total. The van der Waals surface area contributed by atoms with E-state index in [-0.39, 0.29) is 47.9 Å². The fourth-order valence-corrected chi connectivity index (χ4v) is 4.22. The van der Waals surface area contributed by atoms with Gasteiger partial charge in [-0.25, -0.2) is 9.37 Å². The maximum absolute atomic E-state index is 13.7. The molecule has 0 fully saturated rings. The van der Waals surface area contributed by atoms with Crippen LogP contribution < -0.4 is 4.74 Å². The molecule has 9 heteroatoms. The molecule has 0 unspecified atom stereocenters. The van der Waals surface area contributed by atoms with Gasteiger partial charge >= 0.3 is 0 Å². The van der Waals surface area contributed by atoms with Gasteiger partial charge in [-0.3, -0.25) is 14.6 Å². The van der Waals surface area contributed by atoms with Gasteiger partial charge in [0.05, 0.1) is 19.2 Å². The zero-order chi connectivity index (χ0) is 25.8. The van der Waals surface area contributed by atoms with Gasteiger partial charge in [-0.15, -0.1) is 0 Å². The third kappa shape index (κ3) is 5.36. The Kier molecular flexibility index (Phi) is 7.59. The van der Waals surface area contributed by atoms with E-state index < -0.39 is 18.0 Å². The summed E-state index contributed by atoms with van der Waals surface area (Å²) in [6.45, 7) is 4.01. The fraction of sp³-hybridized carbons (Fsp3) is 0.333. The van der Waals surface area contributed by atoms with Gasteiger partial charge in [-0.1, -0.05) is 13.0 Å². The van der Waals surface area contributed by atoms with Gasteiger partial charge in [0.15, 0.2) is 0 Å². The minimum absolute atomic E-state index is 0.163. The van der Waals surface area contributed by atoms with E-state index in [0.29, 0.717) is 6.54 Å². The predicted octanol–water partition coefficient (Wildman–Crippen LogP) is 3.28. The van der Waals surface area contributed by atoms with Crippen LogP contribution in [0.2, 0.25) is 0 Å². The summed E-state index contributed by atoms with van der Waals surface area (Å²) in [6.07, 6.45) is 4.44. The van der Waals surface area contributed by atoms with Crippen molar-refractivity contribution in [3.63, 3.8) is 0 Å². The number of halogens is 1. The van der Waals surface area contributed by atoms with Gasteiger partial charge in [0.2, 0.25) is 5.88 Å². The van der Waals surface area contributed by atoms with Crippen LogP contribution in [0.5, 0.6) is 5.88 Å². The van der Waals surface area contributed by atoms with Crippen molar-refractivity contribution in [3.05, 3.63) is 78.0 Å². The van der Waals surface area contributed by atoms with Crippen LogP contribution in [0.1, 0.15) is 34.6 Å². The van der Waals surface area contributed by atoms with E-state index in [1.807, 2.05) is 19.1 Å². The van der Waals surface area contributed by atoms with Crippen molar-refractivity contribution in [2.75, 3.05) is 26.7 Å². The Hall–Kier alpha value is -3.85. The van der Waals surface area contributed by atoms with E-state index in [1.54, 1.807) is 49.6 Å². The molecular formula is C27H29FN4O4. The molecule has 3 heterocycles. The van der Waals surface area contributed by atoms with Gasteiger partial charge in [0.25, 0.3) is 11.8 Å². The first kappa shape index (κ1) is 25.2. The number of pyridine rings is 2. The Morgan fingerprint density at radius 1 is 1.25 bits per heavy atom. The number of ether oxygens (including phenoxy) is 1. The number of aliphatic hydroxyl groups excluding tert-OH is 1. The SMILES string of the molecule is C[C@@H]1CN([C@H](C)CO)C(=O)c2cc(-c3ccncc3)cnc2O[C@@H]1CN(C)C(=O)c1cccc(F)c1. The van der Waals surface area contributed by atoms with E-state index in [2.05, 4.69) is 9.97 Å². The number of carbonyl (C=O) groups is 2. The molecule has 2 aromatic heterocycles. The van der Waals surface area contributed by atoms with Crippen LogP contribution in [0, 0.1) is 11.7 Å². The summed E-state index contributed by atoms with van der Waals surface area (Å²) in [7, 11) is 1.63. The van der Waals surface area contributed by atoms with Crippen molar-refractivity contribution in [1.29, 1.82) is 0 Å². The lowest BCUT2D eigenvalue weighted by molar-refractivity contribution is 0.0313. The van der Waals surface area contributed by atoms with Crippen molar-refractivity contribution in [2.45, 2.75) is 26.0 Å². The predicted molar refractivity (Wildman–Crippen MR) is 132 cm³/mol. The van der Waals surface area contributed by atoms with E-state index in [4.69, 9.17) is 4.74 Å². The standard InChI is InChI=1S/C27H29FN4O4/c1-17-14-32(18(2)16-33)27(35)23-12-21(19-7-9-29-10-8-19)13-30-25(23)36-24(17)15-31(3)26(34)20-5-4-6-22(28)11-20/h4-13,17-18,24,33H,14-16H2,1-3H3/t17-,18-,24-/m1/s1. The molecule has 1 aromatic carbocycles. The average Bonchev–Trinajstić information content (AvgIpc) is 2.90. The topological polar surface area (TPSA) is 95.9 Å². The molecule has 0 saturated carbocycles. The number of aromatic nitrogens is 2.